The highest BCUT2D eigenvalue weighted by Gasteiger charge is 2.25. The van der Waals surface area contributed by atoms with Crippen molar-refractivity contribution in [1.82, 2.24) is 9.88 Å². The Hall–Kier alpha value is -2.40. The lowest BCUT2D eigenvalue weighted by Gasteiger charge is -2.33. The number of nitrogens with zero attached hydrogens (tertiary/aromatic N) is 3. The summed E-state index contributed by atoms with van der Waals surface area (Å²) in [6.45, 7) is 5.07. The number of benzene rings is 1. The summed E-state index contributed by atoms with van der Waals surface area (Å²) < 4.78 is 0. The number of hydrogen-bond donors (Lipinski definition) is 1. The molecule has 2 aromatic rings. The van der Waals surface area contributed by atoms with E-state index in [0.29, 0.717) is 12.5 Å². The third-order valence-corrected chi connectivity index (χ3v) is 5.25. The largest absolute Gasteiger partial charge is 0.360 e. The molecule has 1 unspecified atom stereocenters. The summed E-state index contributed by atoms with van der Waals surface area (Å²) >= 11 is 0. The molecule has 0 bridgehead atoms. The van der Waals surface area contributed by atoms with Crippen LogP contribution in [0.3, 0.4) is 0 Å². The van der Waals surface area contributed by atoms with Gasteiger partial charge < -0.3 is 15.5 Å². The Bertz CT molecular complexity index is 744. The Morgan fingerprint density at radius 2 is 2.08 bits per heavy atom. The van der Waals surface area contributed by atoms with Gasteiger partial charge >= 0.3 is 0 Å². The van der Waals surface area contributed by atoms with Gasteiger partial charge in [0.05, 0.1) is 0 Å². The molecule has 2 heterocycles. The van der Waals surface area contributed by atoms with Gasteiger partial charge in [0.2, 0.25) is 0 Å². The summed E-state index contributed by atoms with van der Waals surface area (Å²) in [7, 11) is 1.98. The van der Waals surface area contributed by atoms with E-state index < -0.39 is 0 Å². The van der Waals surface area contributed by atoms with E-state index in [1.807, 2.05) is 29.0 Å². The van der Waals surface area contributed by atoms with Gasteiger partial charge in [0.1, 0.15) is 5.82 Å². The number of hydrogen-bond acceptors (Lipinski definition) is 4. The van der Waals surface area contributed by atoms with Crippen LogP contribution in [0.25, 0.3) is 0 Å². The van der Waals surface area contributed by atoms with Crippen molar-refractivity contribution in [2.75, 3.05) is 31.6 Å². The minimum Gasteiger partial charge on any atom is -0.360 e. The molecule has 138 valence electrons. The summed E-state index contributed by atoms with van der Waals surface area (Å²) in [4.78, 5) is 21.4. The number of aromatic nitrogens is 1. The van der Waals surface area contributed by atoms with Gasteiger partial charge in [0, 0.05) is 50.9 Å². The molecule has 3 rings (SSSR count). The zero-order valence-electron chi connectivity index (χ0n) is 15.7. The summed E-state index contributed by atoms with van der Waals surface area (Å²) in [5.74, 6) is 1.32. The number of anilines is 1. The molecule has 5 heteroatoms. The van der Waals surface area contributed by atoms with Crippen molar-refractivity contribution >= 4 is 11.7 Å². The number of pyridine rings is 1. The molecule has 2 N–H and O–H groups in total. The average molecular weight is 352 g/mol. The van der Waals surface area contributed by atoms with Crippen molar-refractivity contribution in [3.05, 3.63) is 59.3 Å². The Labute approximate surface area is 155 Å². The van der Waals surface area contributed by atoms with E-state index in [4.69, 9.17) is 5.73 Å². The second kappa shape index (κ2) is 8.32. The van der Waals surface area contributed by atoms with Gasteiger partial charge in [-0.2, -0.15) is 0 Å². The quantitative estimate of drug-likeness (QED) is 0.898. The molecular weight excluding hydrogens is 324 g/mol. The van der Waals surface area contributed by atoms with Crippen LogP contribution in [0.4, 0.5) is 5.82 Å². The summed E-state index contributed by atoms with van der Waals surface area (Å²) in [6.07, 6.45) is 3.87. The Morgan fingerprint density at radius 3 is 2.77 bits per heavy atom. The average Bonchev–Trinajstić information content (AvgIpc) is 2.72. The zero-order chi connectivity index (χ0) is 18.5. The van der Waals surface area contributed by atoms with Crippen LogP contribution in [0.1, 0.15) is 47.2 Å². The Kier molecular flexibility index (Phi) is 5.89. The van der Waals surface area contributed by atoms with Crippen LogP contribution in [0, 0.1) is 0 Å². The molecule has 0 aliphatic carbocycles. The Balaban J connectivity index is 1.73. The van der Waals surface area contributed by atoms with E-state index in [1.54, 1.807) is 6.20 Å². The first-order valence-electron chi connectivity index (χ1n) is 9.37. The molecule has 1 saturated heterocycles. The maximum Gasteiger partial charge on any atom is 0.254 e. The molecule has 26 heavy (non-hydrogen) atoms. The molecule has 5 nitrogen and oxygen atoms in total. The van der Waals surface area contributed by atoms with Gasteiger partial charge in [0.25, 0.3) is 5.91 Å². The lowest BCUT2D eigenvalue weighted by Crippen LogP contribution is -2.39. The highest BCUT2D eigenvalue weighted by Crippen LogP contribution is 2.28. The molecule has 1 aliphatic rings. The van der Waals surface area contributed by atoms with Crippen molar-refractivity contribution in [3.63, 3.8) is 0 Å². The molecular formula is C21H28N4O. The summed E-state index contributed by atoms with van der Waals surface area (Å²) in [6, 6.07) is 12.2. The minimum absolute atomic E-state index is 0.0985. The molecule has 1 amide bonds. The fourth-order valence-electron chi connectivity index (χ4n) is 3.46. The maximum atomic E-state index is 13.0. The molecule has 1 fully saturated rings. The number of rotatable bonds is 5. The van der Waals surface area contributed by atoms with E-state index >= 15 is 0 Å². The van der Waals surface area contributed by atoms with Crippen molar-refractivity contribution in [2.45, 2.75) is 32.2 Å². The summed E-state index contributed by atoms with van der Waals surface area (Å²) in [5.41, 5.74) is 8.84. The van der Waals surface area contributed by atoms with Gasteiger partial charge in [-0.05, 0) is 43.0 Å². The molecule has 0 saturated carbocycles. The highest BCUT2D eigenvalue weighted by atomic mass is 16.2. The SMILES string of the molecule is CCN(C)c1cc(C(=O)N2CCCC(c3ccc(CN)cc3)C2)ccn1. The first-order valence-corrected chi connectivity index (χ1v) is 9.37. The maximum absolute atomic E-state index is 13.0. The van der Waals surface area contributed by atoms with Crippen molar-refractivity contribution in [1.29, 1.82) is 0 Å². The molecule has 1 aliphatic heterocycles. The number of piperidine rings is 1. The predicted octanol–water partition coefficient (Wildman–Crippen LogP) is 3.02. The number of nitrogens with two attached hydrogens (primary N) is 1. The molecule has 1 aromatic carbocycles. The third kappa shape index (κ3) is 4.05. The minimum atomic E-state index is 0.0985. The number of likely N-dealkylation sites (tertiary alicyclic amines) is 1. The van der Waals surface area contributed by atoms with Gasteiger partial charge in [-0.15, -0.1) is 0 Å². The first kappa shape index (κ1) is 18.4. The second-order valence-corrected chi connectivity index (χ2v) is 6.95. The fraction of sp³-hybridized carbons (Fsp3) is 0.429. The van der Waals surface area contributed by atoms with E-state index in [2.05, 4.69) is 36.2 Å². The fourth-order valence-corrected chi connectivity index (χ4v) is 3.46. The van der Waals surface area contributed by atoms with Crippen molar-refractivity contribution < 1.29 is 4.79 Å². The van der Waals surface area contributed by atoms with Crippen molar-refractivity contribution in [3.8, 4) is 0 Å². The van der Waals surface area contributed by atoms with Crippen LogP contribution in [0.15, 0.2) is 42.6 Å². The monoisotopic (exact) mass is 352 g/mol. The van der Waals surface area contributed by atoms with Gasteiger partial charge in [-0.1, -0.05) is 24.3 Å². The molecule has 1 aromatic heterocycles. The topological polar surface area (TPSA) is 62.5 Å². The van der Waals surface area contributed by atoms with Crippen molar-refractivity contribution in [2.24, 2.45) is 5.73 Å². The lowest BCUT2D eigenvalue weighted by molar-refractivity contribution is 0.0707. The highest BCUT2D eigenvalue weighted by molar-refractivity contribution is 5.95. The smallest absolute Gasteiger partial charge is 0.254 e. The number of amides is 1. The molecule has 1 atom stereocenters. The van der Waals surface area contributed by atoms with Crippen LogP contribution in [0.5, 0.6) is 0 Å². The lowest BCUT2D eigenvalue weighted by atomic mass is 9.90. The Morgan fingerprint density at radius 1 is 1.31 bits per heavy atom. The van der Waals surface area contributed by atoms with Gasteiger partial charge in [-0.3, -0.25) is 4.79 Å². The number of carbonyl (C=O) groups excluding carboxylic acids is 1. The second-order valence-electron chi connectivity index (χ2n) is 6.95. The molecule has 0 spiro atoms. The van der Waals surface area contributed by atoms with Crippen LogP contribution < -0.4 is 10.6 Å². The number of carbonyl (C=O) groups is 1. The zero-order valence-corrected chi connectivity index (χ0v) is 15.7. The van der Waals surface area contributed by atoms with E-state index in [1.165, 1.54) is 5.56 Å². The predicted molar refractivity (Wildman–Crippen MR) is 105 cm³/mol. The van der Waals surface area contributed by atoms with E-state index in [9.17, 15) is 4.79 Å². The first-order chi connectivity index (χ1) is 12.6. The van der Waals surface area contributed by atoms with Crippen LogP contribution in [0.2, 0.25) is 0 Å². The van der Waals surface area contributed by atoms with Gasteiger partial charge in [0.15, 0.2) is 0 Å². The molecule has 0 radical (unpaired) electrons. The normalized spacial score (nSPS) is 17.2. The van der Waals surface area contributed by atoms with Crippen LogP contribution in [-0.4, -0.2) is 42.5 Å². The van der Waals surface area contributed by atoms with Gasteiger partial charge in [-0.25, -0.2) is 4.98 Å². The summed E-state index contributed by atoms with van der Waals surface area (Å²) in [5, 5.41) is 0. The van der Waals surface area contributed by atoms with E-state index in [-0.39, 0.29) is 5.91 Å². The third-order valence-electron chi connectivity index (χ3n) is 5.25. The van der Waals surface area contributed by atoms with Crippen LogP contribution >= 0.6 is 0 Å². The van der Waals surface area contributed by atoms with E-state index in [0.717, 1.165) is 49.4 Å². The van der Waals surface area contributed by atoms with Crippen LogP contribution in [-0.2, 0) is 6.54 Å². The standard InChI is InChI=1S/C21H28N4O/c1-3-24(2)20-13-18(10-11-23-20)21(26)25-12-4-5-19(15-25)17-8-6-16(14-22)7-9-17/h6-11,13,19H,3-5,12,14-15,22H2,1-2H3.